The standard InChI is InChI=1S/C25H32Cl2N2O3/c1-4-23(25(31)28-16-18(2)3)29(17-19-8-5-6-9-22(19)27)24(30)10-7-15-32-21-13-11-20(26)12-14-21/h5-6,8-9,11-14,18,23H,4,7,10,15-17H2,1-3H3,(H,28,31)/t23-/m1/s1. The fourth-order valence-corrected chi connectivity index (χ4v) is 3.56. The van der Waals surface area contributed by atoms with Gasteiger partial charge in [-0.2, -0.15) is 0 Å². The molecule has 0 aliphatic heterocycles. The number of hydrogen-bond donors (Lipinski definition) is 1. The molecule has 2 rings (SSSR count). The van der Waals surface area contributed by atoms with Crippen LogP contribution in [0.4, 0.5) is 0 Å². The Morgan fingerprint density at radius 2 is 1.75 bits per heavy atom. The zero-order valence-electron chi connectivity index (χ0n) is 18.9. The summed E-state index contributed by atoms with van der Waals surface area (Å²) >= 11 is 12.2. The average Bonchev–Trinajstić information content (AvgIpc) is 2.77. The number of halogens is 2. The molecule has 2 aromatic carbocycles. The number of rotatable bonds is 12. The molecule has 5 nitrogen and oxygen atoms in total. The third kappa shape index (κ3) is 8.36. The van der Waals surface area contributed by atoms with E-state index in [2.05, 4.69) is 5.32 Å². The molecule has 2 aromatic rings. The fraction of sp³-hybridized carbons (Fsp3) is 0.440. The van der Waals surface area contributed by atoms with Crippen molar-refractivity contribution in [2.24, 2.45) is 5.92 Å². The predicted octanol–water partition coefficient (Wildman–Crippen LogP) is 5.73. The number of amides is 2. The summed E-state index contributed by atoms with van der Waals surface area (Å²) in [5, 5.41) is 4.18. The molecule has 0 aromatic heterocycles. The lowest BCUT2D eigenvalue weighted by atomic mass is 10.1. The van der Waals surface area contributed by atoms with Crippen LogP contribution >= 0.6 is 23.2 Å². The lowest BCUT2D eigenvalue weighted by Gasteiger charge is -2.31. The minimum atomic E-state index is -0.560. The highest BCUT2D eigenvalue weighted by molar-refractivity contribution is 6.31. The first-order valence-electron chi connectivity index (χ1n) is 11.0. The number of carbonyl (C=O) groups excluding carboxylic acids is 2. The third-order valence-corrected chi connectivity index (χ3v) is 5.61. The lowest BCUT2D eigenvalue weighted by molar-refractivity contribution is -0.141. The number of hydrogen-bond acceptors (Lipinski definition) is 3. The van der Waals surface area contributed by atoms with Gasteiger partial charge in [-0.25, -0.2) is 0 Å². The van der Waals surface area contributed by atoms with Gasteiger partial charge in [-0.3, -0.25) is 9.59 Å². The summed E-state index contributed by atoms with van der Waals surface area (Å²) in [5.74, 6) is 0.790. The van der Waals surface area contributed by atoms with Crippen molar-refractivity contribution in [2.45, 2.75) is 52.6 Å². The van der Waals surface area contributed by atoms with Gasteiger partial charge in [0, 0.05) is 29.6 Å². The largest absolute Gasteiger partial charge is 0.494 e. The molecule has 1 N–H and O–H groups in total. The highest BCUT2D eigenvalue weighted by atomic mass is 35.5. The zero-order chi connectivity index (χ0) is 23.5. The van der Waals surface area contributed by atoms with Crippen molar-refractivity contribution in [3.63, 3.8) is 0 Å². The van der Waals surface area contributed by atoms with E-state index in [9.17, 15) is 9.59 Å². The van der Waals surface area contributed by atoms with E-state index in [0.717, 1.165) is 5.56 Å². The van der Waals surface area contributed by atoms with Crippen molar-refractivity contribution >= 4 is 35.0 Å². The SMILES string of the molecule is CC[C@H](C(=O)NCC(C)C)N(Cc1ccccc1Cl)C(=O)CCCOc1ccc(Cl)cc1. The summed E-state index contributed by atoms with van der Waals surface area (Å²) in [5.41, 5.74) is 0.815. The summed E-state index contributed by atoms with van der Waals surface area (Å²) in [7, 11) is 0. The maximum absolute atomic E-state index is 13.2. The Kier molecular flexibility index (Phi) is 10.8. The number of nitrogens with zero attached hydrogens (tertiary/aromatic N) is 1. The highest BCUT2D eigenvalue weighted by Gasteiger charge is 2.28. The molecule has 1 atom stereocenters. The van der Waals surface area contributed by atoms with Crippen LogP contribution in [-0.2, 0) is 16.1 Å². The Bertz CT molecular complexity index is 872. The van der Waals surface area contributed by atoms with Crippen LogP contribution in [0.15, 0.2) is 48.5 Å². The van der Waals surface area contributed by atoms with E-state index in [-0.39, 0.29) is 24.8 Å². The lowest BCUT2D eigenvalue weighted by Crippen LogP contribution is -2.49. The second-order valence-corrected chi connectivity index (χ2v) is 8.93. The first kappa shape index (κ1) is 26.0. The molecule has 0 spiro atoms. The maximum atomic E-state index is 13.2. The minimum absolute atomic E-state index is 0.101. The van der Waals surface area contributed by atoms with Crippen LogP contribution in [0, 0.1) is 5.92 Å². The molecule has 32 heavy (non-hydrogen) atoms. The van der Waals surface area contributed by atoms with Gasteiger partial charge in [0.05, 0.1) is 6.61 Å². The molecule has 0 aliphatic carbocycles. The van der Waals surface area contributed by atoms with E-state index < -0.39 is 6.04 Å². The van der Waals surface area contributed by atoms with E-state index in [1.54, 1.807) is 35.2 Å². The highest BCUT2D eigenvalue weighted by Crippen LogP contribution is 2.21. The monoisotopic (exact) mass is 478 g/mol. The Morgan fingerprint density at radius 1 is 1.06 bits per heavy atom. The maximum Gasteiger partial charge on any atom is 0.242 e. The summed E-state index contributed by atoms with van der Waals surface area (Å²) in [4.78, 5) is 27.7. The Hall–Kier alpha value is -2.24. The van der Waals surface area contributed by atoms with Crippen molar-refractivity contribution in [3.8, 4) is 5.75 Å². The normalized spacial score (nSPS) is 11.8. The van der Waals surface area contributed by atoms with E-state index >= 15 is 0 Å². The molecular formula is C25H32Cl2N2O3. The quantitative estimate of drug-likeness (QED) is 0.396. The first-order valence-corrected chi connectivity index (χ1v) is 11.8. The molecule has 7 heteroatoms. The van der Waals surface area contributed by atoms with Crippen molar-refractivity contribution < 1.29 is 14.3 Å². The first-order chi connectivity index (χ1) is 15.3. The van der Waals surface area contributed by atoms with Gasteiger partial charge in [-0.1, -0.05) is 62.2 Å². The molecule has 0 saturated heterocycles. The topological polar surface area (TPSA) is 58.6 Å². The van der Waals surface area contributed by atoms with Crippen LogP contribution < -0.4 is 10.1 Å². The average molecular weight is 479 g/mol. The van der Waals surface area contributed by atoms with Crippen LogP contribution in [0.3, 0.4) is 0 Å². The summed E-state index contributed by atoms with van der Waals surface area (Å²) in [6.45, 7) is 7.23. The van der Waals surface area contributed by atoms with Gasteiger partial charge in [-0.05, 0) is 54.7 Å². The van der Waals surface area contributed by atoms with Crippen LogP contribution in [0.2, 0.25) is 10.0 Å². The van der Waals surface area contributed by atoms with Crippen molar-refractivity contribution in [1.82, 2.24) is 10.2 Å². The smallest absolute Gasteiger partial charge is 0.242 e. The van der Waals surface area contributed by atoms with Crippen LogP contribution in [-0.4, -0.2) is 35.9 Å². The van der Waals surface area contributed by atoms with Crippen molar-refractivity contribution in [2.75, 3.05) is 13.2 Å². The van der Waals surface area contributed by atoms with Crippen LogP contribution in [0.1, 0.15) is 45.6 Å². The van der Waals surface area contributed by atoms with E-state index in [0.29, 0.717) is 47.7 Å². The van der Waals surface area contributed by atoms with Gasteiger partial charge in [0.25, 0.3) is 0 Å². The Labute approximate surface area is 201 Å². The van der Waals surface area contributed by atoms with E-state index in [1.165, 1.54) is 0 Å². The molecule has 0 radical (unpaired) electrons. The summed E-state index contributed by atoms with van der Waals surface area (Å²) < 4.78 is 5.70. The number of carbonyl (C=O) groups is 2. The summed E-state index contributed by atoms with van der Waals surface area (Å²) in [6.07, 6.45) is 1.32. The Balaban J connectivity index is 2.05. The second kappa shape index (κ2) is 13.3. The van der Waals surface area contributed by atoms with Crippen LogP contribution in [0.5, 0.6) is 5.75 Å². The van der Waals surface area contributed by atoms with Gasteiger partial charge in [-0.15, -0.1) is 0 Å². The second-order valence-electron chi connectivity index (χ2n) is 8.08. The van der Waals surface area contributed by atoms with Crippen molar-refractivity contribution in [3.05, 3.63) is 64.1 Å². The predicted molar refractivity (Wildman–Crippen MR) is 130 cm³/mol. The van der Waals surface area contributed by atoms with Crippen molar-refractivity contribution in [1.29, 1.82) is 0 Å². The molecule has 0 unspecified atom stereocenters. The van der Waals surface area contributed by atoms with Gasteiger partial charge < -0.3 is 15.0 Å². The zero-order valence-corrected chi connectivity index (χ0v) is 20.5. The Morgan fingerprint density at radius 3 is 2.38 bits per heavy atom. The number of benzene rings is 2. The third-order valence-electron chi connectivity index (χ3n) is 4.99. The van der Waals surface area contributed by atoms with E-state index in [1.807, 2.05) is 39.0 Å². The minimum Gasteiger partial charge on any atom is -0.494 e. The van der Waals surface area contributed by atoms with Gasteiger partial charge in [0.1, 0.15) is 11.8 Å². The van der Waals surface area contributed by atoms with Gasteiger partial charge >= 0.3 is 0 Å². The van der Waals surface area contributed by atoms with E-state index in [4.69, 9.17) is 27.9 Å². The summed E-state index contributed by atoms with van der Waals surface area (Å²) in [6, 6.07) is 13.9. The molecule has 0 fully saturated rings. The molecule has 2 amide bonds. The molecule has 0 saturated carbocycles. The van der Waals surface area contributed by atoms with Crippen LogP contribution in [0.25, 0.3) is 0 Å². The molecule has 0 heterocycles. The van der Waals surface area contributed by atoms with Gasteiger partial charge in [0.15, 0.2) is 0 Å². The molecule has 0 aliphatic rings. The number of nitrogens with one attached hydrogen (secondary N) is 1. The molecular weight excluding hydrogens is 447 g/mol. The number of ether oxygens (including phenoxy) is 1. The molecule has 0 bridgehead atoms. The van der Waals surface area contributed by atoms with Gasteiger partial charge in [0.2, 0.25) is 11.8 Å². The molecule has 174 valence electrons. The fourth-order valence-electron chi connectivity index (χ4n) is 3.24.